The molecule has 13 heteroatoms. The lowest BCUT2D eigenvalue weighted by Gasteiger charge is -2.68. The summed E-state index contributed by atoms with van der Waals surface area (Å²) in [5.41, 5.74) is -1.07. The van der Waals surface area contributed by atoms with Gasteiger partial charge in [0.15, 0.2) is 12.6 Å². The molecule has 2 heterocycles. The molecule has 0 amide bonds. The molecule has 0 aromatic rings. The largest absolute Gasteiger partial charge is 0.394 e. The summed E-state index contributed by atoms with van der Waals surface area (Å²) in [6.45, 7) is 15.7. The average Bonchev–Trinajstić information content (AvgIpc) is 3.51. The molecule has 0 aromatic carbocycles. The van der Waals surface area contributed by atoms with Gasteiger partial charge in [-0.3, -0.25) is 0 Å². The zero-order valence-corrected chi connectivity index (χ0v) is 34.2. The van der Waals surface area contributed by atoms with E-state index in [-0.39, 0.29) is 35.0 Å². The SMILES string of the molecule is CC/C(C)=C/CCC(C)(O)C1CCC2(C)C3CC(OC4OC(CO)C(O)C(O)C4OC4OC(C)C(O)C(O)C4O)C4C(C)(C)C(O)CCC4(C)C3CC(O)C12. The summed E-state index contributed by atoms with van der Waals surface area (Å²) in [4.78, 5) is 0. The molecule has 0 spiro atoms. The van der Waals surface area contributed by atoms with Gasteiger partial charge in [0.2, 0.25) is 0 Å². The van der Waals surface area contributed by atoms with Gasteiger partial charge in [0.25, 0.3) is 0 Å². The van der Waals surface area contributed by atoms with Gasteiger partial charge in [0.05, 0.1) is 36.6 Å². The Labute approximate surface area is 327 Å². The Bertz CT molecular complexity index is 1360. The molecule has 4 aliphatic carbocycles. The second kappa shape index (κ2) is 16.0. The van der Waals surface area contributed by atoms with Crippen molar-refractivity contribution in [3.8, 4) is 0 Å². The lowest BCUT2D eigenvalue weighted by molar-refractivity contribution is -0.379. The molecule has 21 atom stereocenters. The molecule has 0 radical (unpaired) electrons. The van der Waals surface area contributed by atoms with Crippen molar-refractivity contribution in [1.29, 1.82) is 0 Å². The van der Waals surface area contributed by atoms with E-state index >= 15 is 0 Å². The zero-order valence-electron chi connectivity index (χ0n) is 34.2. The molecular weight excluding hydrogens is 712 g/mol. The van der Waals surface area contributed by atoms with Crippen molar-refractivity contribution in [2.75, 3.05) is 6.61 Å². The van der Waals surface area contributed by atoms with Crippen LogP contribution in [0.15, 0.2) is 11.6 Å². The minimum absolute atomic E-state index is 0.0642. The zero-order chi connectivity index (χ0) is 40.6. The lowest BCUT2D eigenvalue weighted by atomic mass is 9.39. The predicted molar refractivity (Wildman–Crippen MR) is 201 cm³/mol. The van der Waals surface area contributed by atoms with Crippen LogP contribution in [0.1, 0.15) is 113 Å². The molecule has 2 aliphatic heterocycles. The summed E-state index contributed by atoms with van der Waals surface area (Å²) < 4.78 is 25.0. The number of allylic oxidation sites excluding steroid dienone is 2. The minimum atomic E-state index is -1.69. The van der Waals surface area contributed by atoms with E-state index in [0.29, 0.717) is 32.1 Å². The van der Waals surface area contributed by atoms with Gasteiger partial charge in [0, 0.05) is 0 Å². The number of rotatable bonds is 10. The molecule has 6 rings (SSSR count). The maximum absolute atomic E-state index is 12.2. The van der Waals surface area contributed by atoms with E-state index in [1.165, 1.54) is 12.5 Å². The molecule has 6 aliphatic rings. The monoisotopic (exact) mass is 784 g/mol. The third kappa shape index (κ3) is 7.52. The average molecular weight is 785 g/mol. The third-order valence-electron chi connectivity index (χ3n) is 16.2. The van der Waals surface area contributed by atoms with Crippen LogP contribution in [0.3, 0.4) is 0 Å². The third-order valence-corrected chi connectivity index (χ3v) is 16.2. The Morgan fingerprint density at radius 3 is 2.13 bits per heavy atom. The van der Waals surface area contributed by atoms with E-state index < -0.39 is 103 Å². The number of aliphatic hydroxyl groups excluding tert-OH is 8. The molecule has 2 saturated heterocycles. The second-order valence-electron chi connectivity index (χ2n) is 19.8. The Kier molecular flexibility index (Phi) is 12.7. The van der Waals surface area contributed by atoms with E-state index in [9.17, 15) is 46.0 Å². The van der Waals surface area contributed by atoms with Crippen molar-refractivity contribution in [2.24, 2.45) is 45.8 Å². The number of hydrogen-bond donors (Lipinski definition) is 9. The highest BCUT2D eigenvalue weighted by molar-refractivity contribution is 5.18. The number of ether oxygens (including phenoxy) is 4. The van der Waals surface area contributed by atoms with Crippen molar-refractivity contribution >= 4 is 0 Å². The summed E-state index contributed by atoms with van der Waals surface area (Å²) in [7, 11) is 0. The maximum Gasteiger partial charge on any atom is 0.187 e. The highest BCUT2D eigenvalue weighted by atomic mass is 16.8. The van der Waals surface area contributed by atoms with E-state index in [4.69, 9.17) is 18.9 Å². The van der Waals surface area contributed by atoms with Crippen LogP contribution in [0.4, 0.5) is 0 Å². The normalized spacial score (nSPS) is 52.5. The first-order valence-corrected chi connectivity index (χ1v) is 21.0. The van der Waals surface area contributed by atoms with Crippen LogP contribution < -0.4 is 0 Å². The van der Waals surface area contributed by atoms with Gasteiger partial charge in [-0.1, -0.05) is 46.3 Å². The number of fused-ring (bicyclic) bond motifs is 5. The van der Waals surface area contributed by atoms with Gasteiger partial charge in [-0.05, 0) is 124 Å². The maximum atomic E-state index is 12.2. The highest BCUT2D eigenvalue weighted by Crippen LogP contribution is 2.71. The van der Waals surface area contributed by atoms with Gasteiger partial charge in [-0.15, -0.1) is 0 Å². The molecule has 318 valence electrons. The molecule has 0 aromatic heterocycles. The van der Waals surface area contributed by atoms with Crippen LogP contribution in [0.2, 0.25) is 0 Å². The molecule has 55 heavy (non-hydrogen) atoms. The fourth-order valence-corrected chi connectivity index (χ4v) is 12.9. The molecule has 21 unspecified atom stereocenters. The van der Waals surface area contributed by atoms with E-state index in [0.717, 1.165) is 25.7 Å². The van der Waals surface area contributed by atoms with Crippen LogP contribution in [-0.4, -0.2) is 138 Å². The van der Waals surface area contributed by atoms with Crippen LogP contribution in [-0.2, 0) is 18.9 Å². The quantitative estimate of drug-likeness (QED) is 0.115. The van der Waals surface area contributed by atoms with E-state index in [2.05, 4.69) is 33.8 Å². The standard InChI is InChI=1S/C42H72O13/c1-9-20(2)11-10-14-42(8,51)22-12-15-40(6)24-18-26(36-39(4,5)28(45)13-16-41(36,7)23(24)17-25(44)29(22)40)53-38-35(33(49)31(47)27(19-43)54-38)55-37-34(50)32(48)30(46)21(3)52-37/h11,21-38,43-51H,9-10,12-19H2,1-8H3/b20-11+. The van der Waals surface area contributed by atoms with Crippen molar-refractivity contribution in [2.45, 2.75) is 199 Å². The number of hydrogen-bond acceptors (Lipinski definition) is 13. The molecule has 6 fully saturated rings. The molecule has 9 N–H and O–H groups in total. The van der Waals surface area contributed by atoms with E-state index in [1.54, 1.807) is 0 Å². The van der Waals surface area contributed by atoms with Crippen LogP contribution >= 0.6 is 0 Å². The van der Waals surface area contributed by atoms with Gasteiger partial charge in [0.1, 0.15) is 42.7 Å². The first-order valence-electron chi connectivity index (χ1n) is 21.0. The fourth-order valence-electron chi connectivity index (χ4n) is 12.9. The first-order chi connectivity index (χ1) is 25.6. The van der Waals surface area contributed by atoms with Crippen LogP contribution in [0, 0.1) is 45.8 Å². The summed E-state index contributed by atoms with van der Waals surface area (Å²) in [6, 6.07) is 0. The minimum Gasteiger partial charge on any atom is -0.394 e. The van der Waals surface area contributed by atoms with Gasteiger partial charge in [-0.2, -0.15) is 0 Å². The van der Waals surface area contributed by atoms with Crippen LogP contribution in [0.5, 0.6) is 0 Å². The predicted octanol–water partition coefficient (Wildman–Crippen LogP) is 2.15. The first kappa shape index (κ1) is 43.8. The van der Waals surface area contributed by atoms with Gasteiger partial charge < -0.3 is 64.9 Å². The fraction of sp³-hybridized carbons (Fsp3) is 0.952. The van der Waals surface area contributed by atoms with Crippen molar-refractivity contribution in [3.05, 3.63) is 11.6 Å². The topological polar surface area (TPSA) is 219 Å². The highest BCUT2D eigenvalue weighted by Gasteiger charge is 2.69. The summed E-state index contributed by atoms with van der Waals surface area (Å²) in [6.07, 6.45) is -7.68. The summed E-state index contributed by atoms with van der Waals surface area (Å²) in [5, 5.41) is 100. The second-order valence-corrected chi connectivity index (χ2v) is 19.8. The van der Waals surface area contributed by atoms with Gasteiger partial charge in [-0.25, -0.2) is 0 Å². The van der Waals surface area contributed by atoms with Gasteiger partial charge >= 0.3 is 0 Å². The molecule has 4 saturated carbocycles. The molecular formula is C42H72O13. The van der Waals surface area contributed by atoms with E-state index in [1.807, 2.05) is 20.8 Å². The van der Waals surface area contributed by atoms with Crippen molar-refractivity contribution < 1.29 is 64.9 Å². The summed E-state index contributed by atoms with van der Waals surface area (Å²) in [5.74, 6) is -0.335. The Balaban J connectivity index is 1.34. The molecule has 0 bridgehead atoms. The smallest absolute Gasteiger partial charge is 0.187 e. The molecule has 13 nitrogen and oxygen atoms in total. The Morgan fingerprint density at radius 2 is 1.47 bits per heavy atom. The number of aliphatic hydroxyl groups is 9. The van der Waals surface area contributed by atoms with Crippen molar-refractivity contribution in [3.63, 3.8) is 0 Å². The van der Waals surface area contributed by atoms with Crippen molar-refractivity contribution in [1.82, 2.24) is 0 Å². The Morgan fingerprint density at radius 1 is 0.818 bits per heavy atom. The Hall–Kier alpha value is -0.780. The lowest BCUT2D eigenvalue weighted by Crippen LogP contribution is -2.68. The van der Waals surface area contributed by atoms with Crippen LogP contribution in [0.25, 0.3) is 0 Å². The summed E-state index contributed by atoms with van der Waals surface area (Å²) >= 11 is 0.